The Bertz CT molecular complexity index is 762. The van der Waals surface area contributed by atoms with E-state index < -0.39 is 33.4 Å². The molecule has 1 aliphatic rings. The predicted molar refractivity (Wildman–Crippen MR) is 88.2 cm³/mol. The van der Waals surface area contributed by atoms with Crippen LogP contribution in [0.1, 0.15) is 12.8 Å². The first-order chi connectivity index (χ1) is 12.0. The first-order valence-corrected chi connectivity index (χ1v) is 9.34. The van der Waals surface area contributed by atoms with Crippen molar-refractivity contribution in [3.05, 3.63) is 28.3 Å². The highest BCUT2D eigenvalue weighted by atomic mass is 32.2. The number of anilines is 1. The van der Waals surface area contributed by atoms with Crippen molar-refractivity contribution in [1.29, 1.82) is 0 Å². The van der Waals surface area contributed by atoms with E-state index in [2.05, 4.69) is 5.32 Å². The van der Waals surface area contributed by atoms with Crippen molar-refractivity contribution in [2.75, 3.05) is 31.5 Å². The molecule has 1 aromatic carbocycles. The zero-order valence-electron chi connectivity index (χ0n) is 13.7. The fraction of sp³-hybridized carbons (Fsp3) is 0.571. The number of rotatable bonds is 6. The smallest absolute Gasteiger partial charge is 0.379 e. The summed E-state index contributed by atoms with van der Waals surface area (Å²) < 4.78 is 59.7. The lowest BCUT2D eigenvalue weighted by Crippen LogP contribution is -2.41. The highest BCUT2D eigenvalue weighted by Crippen LogP contribution is 2.28. The van der Waals surface area contributed by atoms with Gasteiger partial charge in [-0.15, -0.1) is 0 Å². The molecule has 1 aliphatic heterocycles. The van der Waals surface area contributed by atoms with Crippen LogP contribution < -0.4 is 10.5 Å². The van der Waals surface area contributed by atoms with Crippen LogP contribution in [0.2, 0.25) is 0 Å². The summed E-state index contributed by atoms with van der Waals surface area (Å²) in [4.78, 5) is 11.4. The minimum atomic E-state index is -4.23. The van der Waals surface area contributed by atoms with Gasteiger partial charge in [-0.05, 0) is 44.0 Å². The first-order valence-electron chi connectivity index (χ1n) is 7.80. The lowest BCUT2D eigenvalue weighted by Gasteiger charge is -2.32. The highest BCUT2D eigenvalue weighted by molar-refractivity contribution is 7.89. The van der Waals surface area contributed by atoms with E-state index in [1.165, 1.54) is 11.0 Å². The first kappa shape index (κ1) is 20.4. The number of benzene rings is 1. The molecule has 0 amide bonds. The number of halogens is 3. The number of nitrogens with two attached hydrogens (primary N) is 1. The minimum absolute atomic E-state index is 0.0667. The Morgan fingerprint density at radius 3 is 2.42 bits per heavy atom. The SMILES string of the molecule is NS(=O)(=O)c1ccc(NCC2CCN(CC(F)(F)F)CC2)c([N+](=O)[O-])c1. The van der Waals surface area contributed by atoms with Gasteiger partial charge in [-0.3, -0.25) is 15.0 Å². The number of primary sulfonamides is 1. The molecule has 2 rings (SSSR count). The van der Waals surface area contributed by atoms with Crippen molar-refractivity contribution in [3.8, 4) is 0 Å². The fourth-order valence-electron chi connectivity index (χ4n) is 2.85. The molecule has 0 aliphatic carbocycles. The highest BCUT2D eigenvalue weighted by Gasteiger charge is 2.32. The molecule has 0 unspecified atom stereocenters. The number of nitrogens with one attached hydrogen (secondary N) is 1. The zero-order chi connectivity index (χ0) is 19.5. The number of piperidine rings is 1. The van der Waals surface area contributed by atoms with Crippen LogP contribution in [-0.2, 0) is 10.0 Å². The van der Waals surface area contributed by atoms with E-state index in [1.54, 1.807) is 0 Å². The third kappa shape index (κ3) is 5.81. The molecule has 1 saturated heterocycles. The third-order valence-electron chi connectivity index (χ3n) is 4.19. The molecule has 12 heteroatoms. The van der Waals surface area contributed by atoms with Crippen LogP contribution in [0.3, 0.4) is 0 Å². The van der Waals surface area contributed by atoms with Crippen LogP contribution in [-0.4, -0.2) is 50.6 Å². The van der Waals surface area contributed by atoms with Gasteiger partial charge < -0.3 is 5.32 Å². The van der Waals surface area contributed by atoms with Crippen molar-refractivity contribution < 1.29 is 26.5 Å². The fourth-order valence-corrected chi connectivity index (χ4v) is 3.38. The van der Waals surface area contributed by atoms with Crippen molar-refractivity contribution >= 4 is 21.4 Å². The molecule has 0 aromatic heterocycles. The van der Waals surface area contributed by atoms with E-state index in [0.29, 0.717) is 32.5 Å². The lowest BCUT2D eigenvalue weighted by atomic mass is 9.96. The van der Waals surface area contributed by atoms with Gasteiger partial charge in [0, 0.05) is 12.6 Å². The van der Waals surface area contributed by atoms with Gasteiger partial charge in [0.1, 0.15) is 5.69 Å². The van der Waals surface area contributed by atoms with E-state index in [0.717, 1.165) is 12.1 Å². The van der Waals surface area contributed by atoms with Crippen LogP contribution in [0, 0.1) is 16.0 Å². The number of nitro benzene ring substituents is 1. The molecular formula is C14H19F3N4O4S. The summed E-state index contributed by atoms with van der Waals surface area (Å²) in [6, 6.07) is 3.30. The van der Waals surface area contributed by atoms with Crippen molar-refractivity contribution in [2.45, 2.75) is 23.9 Å². The number of hydrogen-bond donors (Lipinski definition) is 2. The molecule has 1 heterocycles. The second-order valence-electron chi connectivity index (χ2n) is 6.20. The zero-order valence-corrected chi connectivity index (χ0v) is 14.5. The van der Waals surface area contributed by atoms with Gasteiger partial charge in [0.25, 0.3) is 5.69 Å². The third-order valence-corrected chi connectivity index (χ3v) is 5.10. The molecule has 0 atom stereocenters. The normalized spacial score (nSPS) is 17.2. The molecule has 26 heavy (non-hydrogen) atoms. The van der Waals surface area contributed by atoms with Gasteiger partial charge in [-0.25, -0.2) is 13.6 Å². The van der Waals surface area contributed by atoms with E-state index in [1.807, 2.05) is 0 Å². The maximum absolute atomic E-state index is 12.4. The van der Waals surface area contributed by atoms with Gasteiger partial charge in [0.15, 0.2) is 0 Å². The molecule has 3 N–H and O–H groups in total. The Kier molecular flexibility index (Phi) is 6.09. The molecule has 1 aromatic rings. The quantitative estimate of drug-likeness (QED) is 0.560. The Morgan fingerprint density at radius 2 is 1.92 bits per heavy atom. The monoisotopic (exact) mass is 396 g/mol. The molecule has 0 spiro atoms. The van der Waals surface area contributed by atoms with E-state index in [-0.39, 0.29) is 16.5 Å². The van der Waals surface area contributed by atoms with Gasteiger partial charge in [-0.1, -0.05) is 0 Å². The summed E-state index contributed by atoms with van der Waals surface area (Å²) in [5.41, 5.74) is -0.286. The minimum Gasteiger partial charge on any atom is -0.379 e. The Morgan fingerprint density at radius 1 is 1.31 bits per heavy atom. The average molecular weight is 396 g/mol. The van der Waals surface area contributed by atoms with Crippen LogP contribution in [0.4, 0.5) is 24.5 Å². The second kappa shape index (κ2) is 7.76. The van der Waals surface area contributed by atoms with Crippen molar-refractivity contribution in [3.63, 3.8) is 0 Å². The topological polar surface area (TPSA) is 119 Å². The van der Waals surface area contributed by atoms with Gasteiger partial charge in [0.2, 0.25) is 10.0 Å². The number of alkyl halides is 3. The standard InChI is InChI=1S/C14H19F3N4O4S/c15-14(16,17)9-20-5-3-10(4-6-20)8-19-12-2-1-11(26(18,24)25)7-13(12)21(22)23/h1-2,7,10,19H,3-6,8-9H2,(H2,18,24,25). The molecule has 0 saturated carbocycles. The number of nitro groups is 1. The Hall–Kier alpha value is -1.92. The maximum Gasteiger partial charge on any atom is 0.401 e. The van der Waals surface area contributed by atoms with Crippen LogP contribution in [0.5, 0.6) is 0 Å². The number of hydrogen-bond acceptors (Lipinski definition) is 6. The van der Waals surface area contributed by atoms with Crippen LogP contribution in [0.15, 0.2) is 23.1 Å². The van der Waals surface area contributed by atoms with Crippen LogP contribution >= 0.6 is 0 Å². The van der Waals surface area contributed by atoms with Crippen molar-refractivity contribution in [1.82, 2.24) is 4.90 Å². The van der Waals surface area contributed by atoms with Gasteiger partial charge >= 0.3 is 6.18 Å². The van der Waals surface area contributed by atoms with Gasteiger partial charge in [-0.2, -0.15) is 13.2 Å². The number of nitrogens with zero attached hydrogens (tertiary/aromatic N) is 2. The average Bonchev–Trinajstić information content (AvgIpc) is 2.51. The van der Waals surface area contributed by atoms with E-state index in [9.17, 15) is 31.7 Å². The predicted octanol–water partition coefficient (Wildman–Crippen LogP) is 1.93. The summed E-state index contributed by atoms with van der Waals surface area (Å²) in [6.07, 6.45) is -3.16. The molecule has 146 valence electrons. The van der Waals surface area contributed by atoms with E-state index >= 15 is 0 Å². The Balaban J connectivity index is 1.97. The summed E-state index contributed by atoms with van der Waals surface area (Å²) in [7, 11) is -4.06. The van der Waals surface area contributed by atoms with Crippen molar-refractivity contribution in [2.24, 2.45) is 11.1 Å². The molecule has 1 fully saturated rings. The number of likely N-dealkylation sites (tertiary alicyclic amines) is 1. The number of sulfonamides is 1. The molecule has 0 bridgehead atoms. The summed E-state index contributed by atoms with van der Waals surface area (Å²) in [5.74, 6) is 0.0667. The Labute approximate surface area is 148 Å². The maximum atomic E-state index is 12.4. The molecular weight excluding hydrogens is 377 g/mol. The summed E-state index contributed by atoms with van der Waals surface area (Å²) in [6.45, 7) is 0.0136. The summed E-state index contributed by atoms with van der Waals surface area (Å²) >= 11 is 0. The van der Waals surface area contributed by atoms with Gasteiger partial charge in [0.05, 0.1) is 16.4 Å². The molecule has 8 nitrogen and oxygen atoms in total. The largest absolute Gasteiger partial charge is 0.401 e. The summed E-state index contributed by atoms with van der Waals surface area (Å²) in [5, 5.41) is 19.0. The van der Waals surface area contributed by atoms with Crippen LogP contribution in [0.25, 0.3) is 0 Å². The lowest BCUT2D eigenvalue weighted by molar-refractivity contribution is -0.384. The second-order valence-corrected chi connectivity index (χ2v) is 7.76. The van der Waals surface area contributed by atoms with E-state index in [4.69, 9.17) is 5.14 Å². The molecule has 0 radical (unpaired) electrons.